The van der Waals surface area contributed by atoms with Gasteiger partial charge in [-0.2, -0.15) is 0 Å². The van der Waals surface area contributed by atoms with Crippen LogP contribution in [0.4, 0.5) is 10.5 Å². The highest BCUT2D eigenvalue weighted by Gasteiger charge is 2.36. The third-order valence-electron chi connectivity index (χ3n) is 5.58. The van der Waals surface area contributed by atoms with Crippen LogP contribution in [-0.4, -0.2) is 11.1 Å². The lowest BCUT2D eigenvalue weighted by Crippen LogP contribution is -2.27. The number of imide groups is 1. The fraction of sp³-hybridized carbons (Fsp3) is 0.0714. The van der Waals surface area contributed by atoms with E-state index >= 15 is 0 Å². The van der Waals surface area contributed by atoms with Crippen molar-refractivity contribution in [3.63, 3.8) is 0 Å². The number of carbonyl (C=O) groups excluding carboxylic acids is 2. The molecule has 0 aromatic heterocycles. The van der Waals surface area contributed by atoms with E-state index in [2.05, 4.69) is 0 Å². The van der Waals surface area contributed by atoms with Crippen LogP contribution in [0.2, 0.25) is 5.02 Å². The first-order chi connectivity index (χ1) is 16.5. The Labute approximate surface area is 206 Å². The van der Waals surface area contributed by atoms with Gasteiger partial charge in [0.15, 0.2) is 0 Å². The Morgan fingerprint density at radius 1 is 0.941 bits per heavy atom. The number of nitrogens with zero attached hydrogens (tertiary/aromatic N) is 1. The Balaban J connectivity index is 1.53. The first-order valence-electron chi connectivity index (χ1n) is 10.7. The largest absolute Gasteiger partial charge is 0.488 e. The average Bonchev–Trinajstić information content (AvgIpc) is 3.12. The lowest BCUT2D eigenvalue weighted by atomic mass is 10.0. The van der Waals surface area contributed by atoms with Crippen LogP contribution in [0.1, 0.15) is 16.7 Å². The molecule has 1 aliphatic heterocycles. The first kappa shape index (κ1) is 22.3. The minimum absolute atomic E-state index is 0.335. The quantitative estimate of drug-likeness (QED) is 0.273. The number of hydrogen-bond donors (Lipinski definition) is 0. The molecule has 6 heteroatoms. The van der Waals surface area contributed by atoms with Crippen molar-refractivity contribution in [2.24, 2.45) is 0 Å². The summed E-state index contributed by atoms with van der Waals surface area (Å²) in [4.78, 5) is 27.4. The van der Waals surface area contributed by atoms with Crippen LogP contribution in [0.5, 0.6) is 5.75 Å². The molecule has 1 saturated heterocycles. The zero-order valence-corrected chi connectivity index (χ0v) is 19.9. The Bertz CT molecular complexity index is 1450. The molecule has 2 amide bonds. The highest BCUT2D eigenvalue weighted by Crippen LogP contribution is 2.39. The number of amides is 2. The van der Waals surface area contributed by atoms with Gasteiger partial charge in [0.25, 0.3) is 11.1 Å². The molecule has 5 rings (SSSR count). The monoisotopic (exact) mass is 485 g/mol. The number of fused-ring (bicyclic) bond motifs is 1. The Morgan fingerprint density at radius 3 is 2.53 bits per heavy atom. The van der Waals surface area contributed by atoms with Crippen LogP contribution in [0, 0.1) is 6.92 Å². The maximum absolute atomic E-state index is 13.2. The first-order valence-corrected chi connectivity index (χ1v) is 11.9. The van der Waals surface area contributed by atoms with Crippen LogP contribution in [0.3, 0.4) is 0 Å². The Hall–Kier alpha value is -3.54. The molecule has 0 spiro atoms. The highest BCUT2D eigenvalue weighted by molar-refractivity contribution is 8.19. The van der Waals surface area contributed by atoms with Crippen molar-refractivity contribution < 1.29 is 14.3 Å². The van der Waals surface area contributed by atoms with E-state index < -0.39 is 0 Å². The summed E-state index contributed by atoms with van der Waals surface area (Å²) in [5, 5.41) is 2.06. The van der Waals surface area contributed by atoms with Crippen molar-refractivity contribution in [3.05, 3.63) is 112 Å². The minimum Gasteiger partial charge on any atom is -0.488 e. The highest BCUT2D eigenvalue weighted by atomic mass is 35.5. The van der Waals surface area contributed by atoms with E-state index in [0.717, 1.165) is 38.6 Å². The van der Waals surface area contributed by atoms with Gasteiger partial charge in [-0.3, -0.25) is 9.59 Å². The summed E-state index contributed by atoms with van der Waals surface area (Å²) in [6.07, 6.45) is 1.75. The van der Waals surface area contributed by atoms with E-state index in [1.807, 2.05) is 67.6 Å². The van der Waals surface area contributed by atoms with Crippen LogP contribution >= 0.6 is 23.4 Å². The van der Waals surface area contributed by atoms with E-state index in [1.54, 1.807) is 30.3 Å². The van der Waals surface area contributed by atoms with Gasteiger partial charge in [0.2, 0.25) is 0 Å². The maximum Gasteiger partial charge on any atom is 0.298 e. The lowest BCUT2D eigenvalue weighted by Gasteiger charge is -2.14. The lowest BCUT2D eigenvalue weighted by molar-refractivity contribution is -0.113. The smallest absolute Gasteiger partial charge is 0.298 e. The third kappa shape index (κ3) is 4.45. The predicted octanol–water partition coefficient (Wildman–Crippen LogP) is 7.62. The molecular weight excluding hydrogens is 466 g/mol. The maximum atomic E-state index is 13.2. The van der Waals surface area contributed by atoms with Gasteiger partial charge >= 0.3 is 0 Å². The second-order valence-electron chi connectivity index (χ2n) is 7.97. The van der Waals surface area contributed by atoms with Crippen molar-refractivity contribution >= 4 is 57.0 Å². The van der Waals surface area contributed by atoms with E-state index in [0.29, 0.717) is 28.0 Å². The van der Waals surface area contributed by atoms with Crippen molar-refractivity contribution in [3.8, 4) is 5.75 Å². The van der Waals surface area contributed by atoms with Crippen molar-refractivity contribution in [1.29, 1.82) is 0 Å². The second kappa shape index (κ2) is 9.37. The fourth-order valence-electron chi connectivity index (χ4n) is 3.83. The van der Waals surface area contributed by atoms with Gasteiger partial charge in [-0.1, -0.05) is 77.8 Å². The van der Waals surface area contributed by atoms with Gasteiger partial charge in [-0.15, -0.1) is 0 Å². The molecule has 1 heterocycles. The Morgan fingerprint density at radius 2 is 1.74 bits per heavy atom. The number of hydrogen-bond acceptors (Lipinski definition) is 4. The normalized spacial score (nSPS) is 14.9. The zero-order chi connectivity index (χ0) is 23.7. The number of benzene rings is 4. The Kier molecular flexibility index (Phi) is 6.14. The number of ether oxygens (including phenoxy) is 1. The molecule has 168 valence electrons. The van der Waals surface area contributed by atoms with Gasteiger partial charge < -0.3 is 4.74 Å². The number of anilines is 1. The molecule has 4 aromatic rings. The second-order valence-corrected chi connectivity index (χ2v) is 9.40. The van der Waals surface area contributed by atoms with Crippen LogP contribution in [-0.2, 0) is 11.4 Å². The summed E-state index contributed by atoms with van der Waals surface area (Å²) in [6.45, 7) is 2.44. The molecule has 0 radical (unpaired) electrons. The van der Waals surface area contributed by atoms with Gasteiger partial charge in [0, 0.05) is 10.6 Å². The fourth-order valence-corrected chi connectivity index (χ4v) is 4.84. The molecule has 0 unspecified atom stereocenters. The SMILES string of the molecule is Cc1ccc(COc2ccc3ccccc3c2/C=C2/SC(=O)N(c3cccc(Cl)c3)C2=O)cc1. The molecule has 34 heavy (non-hydrogen) atoms. The summed E-state index contributed by atoms with van der Waals surface area (Å²) in [5.41, 5.74) is 3.45. The van der Waals surface area contributed by atoms with Gasteiger partial charge in [-0.05, 0) is 65.4 Å². The number of carbonyl (C=O) groups is 2. The van der Waals surface area contributed by atoms with E-state index in [9.17, 15) is 9.59 Å². The van der Waals surface area contributed by atoms with Crippen LogP contribution in [0.25, 0.3) is 16.8 Å². The molecular formula is C28H20ClNO3S. The zero-order valence-electron chi connectivity index (χ0n) is 18.3. The van der Waals surface area contributed by atoms with Crippen molar-refractivity contribution in [2.75, 3.05) is 4.90 Å². The standard InChI is InChI=1S/C28H20ClNO3S/c1-18-9-11-19(12-10-18)17-33-25-14-13-20-5-2-3-8-23(20)24(25)16-26-27(31)30(28(32)34-26)22-7-4-6-21(29)15-22/h2-16H,17H2,1H3/b26-16+. The van der Waals surface area contributed by atoms with Gasteiger partial charge in [0.1, 0.15) is 12.4 Å². The van der Waals surface area contributed by atoms with Crippen LogP contribution in [0.15, 0.2) is 89.8 Å². The average molecular weight is 486 g/mol. The summed E-state index contributed by atoms with van der Waals surface area (Å²) in [6, 6.07) is 26.7. The molecule has 0 aliphatic carbocycles. The van der Waals surface area contributed by atoms with Crippen molar-refractivity contribution in [2.45, 2.75) is 13.5 Å². The van der Waals surface area contributed by atoms with Crippen molar-refractivity contribution in [1.82, 2.24) is 0 Å². The molecule has 1 fully saturated rings. The topological polar surface area (TPSA) is 46.6 Å². The number of halogens is 1. The molecule has 0 saturated carbocycles. The number of rotatable bonds is 5. The molecule has 0 atom stereocenters. The molecule has 0 bridgehead atoms. The van der Waals surface area contributed by atoms with Gasteiger partial charge in [0.05, 0.1) is 10.6 Å². The summed E-state index contributed by atoms with van der Waals surface area (Å²) in [5.74, 6) is 0.267. The summed E-state index contributed by atoms with van der Waals surface area (Å²) >= 11 is 6.99. The number of thioether (sulfide) groups is 1. The molecule has 4 aromatic carbocycles. The van der Waals surface area contributed by atoms with Crippen LogP contribution < -0.4 is 9.64 Å². The summed E-state index contributed by atoms with van der Waals surface area (Å²) < 4.78 is 6.19. The molecule has 4 nitrogen and oxygen atoms in total. The third-order valence-corrected chi connectivity index (χ3v) is 6.69. The van der Waals surface area contributed by atoms with Gasteiger partial charge in [-0.25, -0.2) is 4.90 Å². The molecule has 1 aliphatic rings. The minimum atomic E-state index is -0.380. The van der Waals surface area contributed by atoms with E-state index in [1.165, 1.54) is 5.56 Å². The molecule has 0 N–H and O–H groups in total. The predicted molar refractivity (Wildman–Crippen MR) is 139 cm³/mol. The number of aryl methyl sites for hydroxylation is 1. The van der Waals surface area contributed by atoms with E-state index in [4.69, 9.17) is 16.3 Å². The summed E-state index contributed by atoms with van der Waals surface area (Å²) in [7, 11) is 0. The van der Waals surface area contributed by atoms with E-state index in [-0.39, 0.29) is 11.1 Å².